The zero-order chi connectivity index (χ0) is 9.40. The summed E-state index contributed by atoms with van der Waals surface area (Å²) in [7, 11) is -2.43. The molecule has 5 nitrogen and oxygen atoms in total. The average molecular weight is 191 g/mol. The minimum Gasteiger partial charge on any atom is -0.418 e. The summed E-state index contributed by atoms with van der Waals surface area (Å²) in [5, 5.41) is 0. The molecule has 0 fully saturated rings. The Labute approximate surface area is 70.9 Å². The maximum absolute atomic E-state index is 10.6. The molecule has 0 aliphatic rings. The number of carbonyl (C=O) groups is 1. The number of terminal acetylenes is 1. The second kappa shape index (κ2) is 6.59. The molecule has 1 atom stereocenters. The van der Waals surface area contributed by atoms with Crippen LogP contribution in [0.5, 0.6) is 0 Å². The molecule has 0 aliphatic heterocycles. The Kier molecular flexibility index (Phi) is 5.98. The van der Waals surface area contributed by atoms with E-state index in [1.165, 1.54) is 0 Å². The fourth-order valence-electron chi connectivity index (χ4n) is 0.320. The first-order chi connectivity index (χ1) is 5.70. The molecule has 0 amide bonds. The van der Waals surface area contributed by atoms with Crippen molar-refractivity contribution in [1.82, 2.24) is 0 Å². The van der Waals surface area contributed by atoms with Crippen molar-refractivity contribution in [3.8, 4) is 12.3 Å². The zero-order valence-electron chi connectivity index (χ0n) is 6.48. The van der Waals surface area contributed by atoms with E-state index in [-0.39, 0.29) is 13.2 Å². The largest absolute Gasteiger partial charge is 0.756 e. The highest BCUT2D eigenvalue weighted by atomic mass is 31.1. The van der Waals surface area contributed by atoms with Crippen molar-refractivity contribution in [2.45, 2.75) is 6.92 Å². The van der Waals surface area contributed by atoms with E-state index < -0.39 is 14.4 Å². The van der Waals surface area contributed by atoms with E-state index in [0.29, 0.717) is 0 Å². The molecule has 0 aromatic carbocycles. The van der Waals surface area contributed by atoms with Gasteiger partial charge in [-0.15, -0.1) is 15.5 Å². The van der Waals surface area contributed by atoms with Gasteiger partial charge in [0.25, 0.3) is 0 Å². The first-order valence-corrected chi connectivity index (χ1v) is 4.18. The second-order valence-electron chi connectivity index (χ2n) is 1.48. The standard InChI is InChI=1S/C6H8O5P/c1-3-5-9-6(7)11-12(8)10-4-2/h1H,4-5H2,2H3/q+1. The SMILES string of the molecule is C#CCOC(=O)O[P+](=O)OCC. The summed E-state index contributed by atoms with van der Waals surface area (Å²) in [5.74, 6) is 2.05. The van der Waals surface area contributed by atoms with E-state index in [4.69, 9.17) is 6.42 Å². The Balaban J connectivity index is 3.56. The fraction of sp³-hybridized carbons (Fsp3) is 0.500. The Morgan fingerprint density at radius 2 is 2.33 bits per heavy atom. The van der Waals surface area contributed by atoms with Crippen molar-refractivity contribution in [3.05, 3.63) is 0 Å². The van der Waals surface area contributed by atoms with Crippen LogP contribution in [0, 0.1) is 12.3 Å². The van der Waals surface area contributed by atoms with Gasteiger partial charge in [-0.2, -0.15) is 4.79 Å². The minimum atomic E-state index is -2.43. The van der Waals surface area contributed by atoms with Crippen LogP contribution < -0.4 is 0 Å². The quantitative estimate of drug-likeness (QED) is 0.382. The van der Waals surface area contributed by atoms with Gasteiger partial charge in [-0.25, -0.2) is 0 Å². The summed E-state index contributed by atoms with van der Waals surface area (Å²) < 4.78 is 23.4. The van der Waals surface area contributed by atoms with Crippen molar-refractivity contribution in [2.75, 3.05) is 13.2 Å². The normalized spacial score (nSPS) is 9.83. The molecule has 0 spiro atoms. The first-order valence-electron chi connectivity index (χ1n) is 3.09. The molecule has 0 saturated carbocycles. The van der Waals surface area contributed by atoms with Crippen LogP contribution in [0.2, 0.25) is 0 Å². The summed E-state index contributed by atoms with van der Waals surface area (Å²) in [6.45, 7) is 1.59. The number of hydrogen-bond donors (Lipinski definition) is 0. The lowest BCUT2D eigenvalue weighted by atomic mass is 10.8. The van der Waals surface area contributed by atoms with Gasteiger partial charge in [0, 0.05) is 4.57 Å². The van der Waals surface area contributed by atoms with Gasteiger partial charge in [-0.1, -0.05) is 5.92 Å². The number of ether oxygens (including phenoxy) is 1. The van der Waals surface area contributed by atoms with Gasteiger partial charge in [-0.05, 0) is 6.92 Å². The van der Waals surface area contributed by atoms with Crippen LogP contribution in [0.3, 0.4) is 0 Å². The van der Waals surface area contributed by atoms with Gasteiger partial charge in [0.2, 0.25) is 0 Å². The predicted octanol–water partition coefficient (Wildman–Crippen LogP) is 1.47. The van der Waals surface area contributed by atoms with Crippen LogP contribution in [0.4, 0.5) is 4.79 Å². The molecule has 6 heteroatoms. The fourth-order valence-corrected chi connectivity index (χ4v) is 0.758. The summed E-state index contributed by atoms with van der Waals surface area (Å²) in [6, 6.07) is 0. The molecular formula is C6H8O5P+. The van der Waals surface area contributed by atoms with Crippen LogP contribution >= 0.6 is 8.25 Å². The molecule has 0 rings (SSSR count). The van der Waals surface area contributed by atoms with Gasteiger partial charge in [0.15, 0.2) is 6.61 Å². The van der Waals surface area contributed by atoms with Crippen molar-refractivity contribution in [1.29, 1.82) is 0 Å². The van der Waals surface area contributed by atoms with Crippen molar-refractivity contribution in [2.24, 2.45) is 0 Å². The lowest BCUT2D eigenvalue weighted by molar-refractivity contribution is 0.106. The van der Waals surface area contributed by atoms with Crippen molar-refractivity contribution < 1.29 is 23.1 Å². The van der Waals surface area contributed by atoms with Crippen LogP contribution in [0.25, 0.3) is 0 Å². The molecule has 0 aromatic rings. The number of rotatable bonds is 4. The zero-order valence-corrected chi connectivity index (χ0v) is 7.37. The van der Waals surface area contributed by atoms with E-state index in [1.807, 2.05) is 5.92 Å². The minimum absolute atomic E-state index is 0.192. The third-order valence-corrected chi connectivity index (χ3v) is 1.42. The molecule has 1 unspecified atom stereocenters. The van der Waals surface area contributed by atoms with Crippen molar-refractivity contribution in [3.63, 3.8) is 0 Å². The van der Waals surface area contributed by atoms with Crippen LogP contribution in [0.1, 0.15) is 6.92 Å². The van der Waals surface area contributed by atoms with E-state index in [9.17, 15) is 9.36 Å². The highest BCUT2D eigenvalue weighted by Crippen LogP contribution is 2.23. The average Bonchev–Trinajstić information content (AvgIpc) is 2.01. The topological polar surface area (TPSA) is 61.8 Å². The van der Waals surface area contributed by atoms with Gasteiger partial charge in [0.1, 0.15) is 6.61 Å². The van der Waals surface area contributed by atoms with Crippen LogP contribution in [0.15, 0.2) is 0 Å². The molecule has 12 heavy (non-hydrogen) atoms. The second-order valence-corrected chi connectivity index (χ2v) is 2.36. The van der Waals surface area contributed by atoms with Crippen LogP contribution in [-0.2, 0) is 18.3 Å². The summed E-state index contributed by atoms with van der Waals surface area (Å²) >= 11 is 0. The van der Waals surface area contributed by atoms with Gasteiger partial charge in [0.05, 0.1) is 0 Å². The molecule has 0 N–H and O–H groups in total. The molecule has 0 saturated heterocycles. The smallest absolute Gasteiger partial charge is 0.418 e. The molecule has 0 aromatic heterocycles. The summed E-state index contributed by atoms with van der Waals surface area (Å²) in [5.41, 5.74) is 0. The highest BCUT2D eigenvalue weighted by molar-refractivity contribution is 7.34. The molecule has 0 heterocycles. The number of carbonyl (C=O) groups excluding carboxylic acids is 1. The first kappa shape index (κ1) is 10.9. The Morgan fingerprint density at radius 3 is 2.83 bits per heavy atom. The van der Waals surface area contributed by atoms with Gasteiger partial charge >= 0.3 is 14.4 Å². The van der Waals surface area contributed by atoms with E-state index in [2.05, 4.69) is 13.8 Å². The van der Waals surface area contributed by atoms with Crippen LogP contribution in [-0.4, -0.2) is 19.4 Å². The van der Waals surface area contributed by atoms with Crippen molar-refractivity contribution >= 4 is 14.4 Å². The maximum atomic E-state index is 10.6. The van der Waals surface area contributed by atoms with E-state index in [0.717, 1.165) is 0 Å². The Morgan fingerprint density at radius 1 is 1.67 bits per heavy atom. The molecular weight excluding hydrogens is 183 g/mol. The van der Waals surface area contributed by atoms with E-state index in [1.54, 1.807) is 6.92 Å². The maximum Gasteiger partial charge on any atom is 0.756 e. The highest BCUT2D eigenvalue weighted by Gasteiger charge is 2.26. The van der Waals surface area contributed by atoms with Gasteiger partial charge < -0.3 is 4.74 Å². The predicted molar refractivity (Wildman–Crippen MR) is 40.5 cm³/mol. The van der Waals surface area contributed by atoms with Gasteiger partial charge in [-0.3, -0.25) is 0 Å². The molecule has 66 valence electrons. The lowest BCUT2D eigenvalue weighted by Crippen LogP contribution is -2.03. The third kappa shape index (κ3) is 5.66. The third-order valence-electron chi connectivity index (χ3n) is 0.657. The molecule has 0 aliphatic carbocycles. The monoisotopic (exact) mass is 191 g/mol. The summed E-state index contributed by atoms with van der Waals surface area (Å²) in [4.78, 5) is 10.5. The number of hydrogen-bond acceptors (Lipinski definition) is 5. The van der Waals surface area contributed by atoms with E-state index >= 15 is 0 Å². The Bertz CT molecular complexity index is 206. The molecule has 0 bridgehead atoms. The lowest BCUT2D eigenvalue weighted by Gasteiger charge is -1.90. The molecule has 0 radical (unpaired) electrons. The Hall–Kier alpha value is -1.11. The summed E-state index contributed by atoms with van der Waals surface area (Å²) in [6.07, 6.45) is 3.68.